The van der Waals surface area contributed by atoms with E-state index in [1.807, 2.05) is 19.1 Å². The van der Waals surface area contributed by atoms with Crippen LogP contribution in [-0.2, 0) is 21.4 Å². The lowest BCUT2D eigenvalue weighted by Gasteiger charge is -2.07. The van der Waals surface area contributed by atoms with Crippen molar-refractivity contribution in [1.29, 1.82) is 0 Å². The van der Waals surface area contributed by atoms with Gasteiger partial charge in [0.1, 0.15) is 6.79 Å². The van der Waals surface area contributed by atoms with Crippen LogP contribution in [-0.4, -0.2) is 13.4 Å². The molecule has 0 unspecified atom stereocenters. The van der Waals surface area contributed by atoms with E-state index in [-0.39, 0.29) is 17.0 Å². The molecule has 0 atom stereocenters. The molecule has 0 aliphatic carbocycles. The molecule has 0 saturated heterocycles. The van der Waals surface area contributed by atoms with E-state index < -0.39 is 0 Å². The molecule has 45 heavy (non-hydrogen) atoms. The minimum atomic E-state index is 0. The molecular weight excluding hydrogens is 684 g/mol. The monoisotopic (exact) mass is 720 g/mol. The van der Waals surface area contributed by atoms with Crippen LogP contribution in [0.25, 0.3) is 44.5 Å². The van der Waals surface area contributed by atoms with E-state index in [0.29, 0.717) is 20.0 Å². The number of hydrogen-bond donors (Lipinski definition) is 0. The van der Waals surface area contributed by atoms with Crippen molar-refractivity contribution in [3.8, 4) is 44.5 Å². The van der Waals surface area contributed by atoms with Crippen LogP contribution in [0.1, 0.15) is 18.1 Å². The fourth-order valence-electron chi connectivity index (χ4n) is 4.85. The average molecular weight is 723 g/mol. The van der Waals surface area contributed by atoms with Crippen molar-refractivity contribution in [3.05, 3.63) is 169 Å². The highest BCUT2D eigenvalue weighted by Crippen LogP contribution is 2.26. The predicted molar refractivity (Wildman–Crippen MR) is 199 cm³/mol. The Morgan fingerprint density at radius 3 is 1.04 bits per heavy atom. The third-order valence-electron chi connectivity index (χ3n) is 7.35. The molecule has 0 radical (unpaired) electrons. The molecule has 0 saturated carbocycles. The second-order valence-electron chi connectivity index (χ2n) is 10.4. The van der Waals surface area contributed by atoms with Crippen molar-refractivity contribution in [3.63, 3.8) is 0 Å². The van der Waals surface area contributed by atoms with Crippen LogP contribution < -0.4 is 0 Å². The van der Waals surface area contributed by atoms with Gasteiger partial charge in [-0.05, 0) is 62.6 Å². The summed E-state index contributed by atoms with van der Waals surface area (Å²) in [5.41, 5.74) is 12.4. The van der Waals surface area contributed by atoms with Gasteiger partial charge in [-0.2, -0.15) is 0 Å². The quantitative estimate of drug-likeness (QED) is 0.0796. The van der Waals surface area contributed by atoms with Gasteiger partial charge in [-0.3, -0.25) is 0 Å². The van der Waals surface area contributed by atoms with Gasteiger partial charge in [0.15, 0.2) is 0 Å². The van der Waals surface area contributed by atoms with Gasteiger partial charge >= 0.3 is 0 Å². The molecule has 2 nitrogen and oxygen atoms in total. The molecular formula is C41H38Br2O2. The molecule has 0 spiro atoms. The fourth-order valence-corrected chi connectivity index (χ4v) is 5.23. The van der Waals surface area contributed by atoms with E-state index in [0.717, 1.165) is 10.9 Å². The van der Waals surface area contributed by atoms with Crippen LogP contribution in [0.2, 0.25) is 0 Å². The lowest BCUT2D eigenvalue weighted by Crippen LogP contribution is -1.99. The summed E-state index contributed by atoms with van der Waals surface area (Å²) < 4.78 is 10.6. The molecule has 4 heteroatoms. The van der Waals surface area contributed by atoms with Gasteiger partial charge < -0.3 is 9.47 Å². The largest absolute Gasteiger partial charge is 0.356 e. The van der Waals surface area contributed by atoms with Crippen LogP contribution in [0.4, 0.5) is 0 Å². The minimum absolute atomic E-state index is 0. The third kappa shape index (κ3) is 10.1. The average Bonchev–Trinajstić information content (AvgIpc) is 3.12. The Kier molecular flexibility index (Phi) is 13.8. The van der Waals surface area contributed by atoms with Crippen LogP contribution in [0.5, 0.6) is 0 Å². The highest BCUT2D eigenvalue weighted by atomic mass is 79.9. The minimum Gasteiger partial charge on any atom is -0.356 e. The van der Waals surface area contributed by atoms with Gasteiger partial charge in [0.2, 0.25) is 0 Å². The standard InChI is InChI=1S/C22H22O2.C19H15Br.BrH/c1-2-23-17-24-16-18-8-10-20(11-9-18)22-14-12-21(13-15-22)19-6-4-3-5-7-19;20-14-15-6-8-17(9-7-15)19-12-10-18(11-13-19)16-4-2-1-3-5-16;/h3-15H,2,16-17H2,1H3;1-13H,14H2;1H. The van der Waals surface area contributed by atoms with E-state index in [1.165, 1.54) is 50.1 Å². The summed E-state index contributed by atoms with van der Waals surface area (Å²) in [6.07, 6.45) is 0. The summed E-state index contributed by atoms with van der Waals surface area (Å²) in [7, 11) is 0. The molecule has 0 fully saturated rings. The van der Waals surface area contributed by atoms with Gasteiger partial charge in [0.05, 0.1) is 6.61 Å². The highest BCUT2D eigenvalue weighted by molar-refractivity contribution is 9.08. The Labute approximate surface area is 286 Å². The topological polar surface area (TPSA) is 18.5 Å². The second kappa shape index (κ2) is 18.2. The SMILES string of the molecule is Br.BrCc1ccc(-c2ccc(-c3ccccc3)cc2)cc1.CCOCOCc1ccc(-c2ccc(-c3ccccc3)cc2)cc1. The molecule has 0 amide bonds. The molecule has 0 aromatic heterocycles. The Bertz CT molecular complexity index is 1670. The smallest absolute Gasteiger partial charge is 0.147 e. The summed E-state index contributed by atoms with van der Waals surface area (Å²) in [5, 5.41) is 0.903. The van der Waals surface area contributed by atoms with Crippen molar-refractivity contribution in [2.45, 2.75) is 18.9 Å². The van der Waals surface area contributed by atoms with Crippen molar-refractivity contribution >= 4 is 32.9 Å². The predicted octanol–water partition coefficient (Wildman–Crippen LogP) is 12.0. The van der Waals surface area contributed by atoms with Crippen molar-refractivity contribution < 1.29 is 9.47 Å². The maximum absolute atomic E-state index is 5.45. The number of hydrogen-bond acceptors (Lipinski definition) is 2. The molecule has 0 aliphatic heterocycles. The van der Waals surface area contributed by atoms with E-state index in [1.54, 1.807) is 0 Å². The van der Waals surface area contributed by atoms with Crippen LogP contribution in [0.3, 0.4) is 0 Å². The highest BCUT2D eigenvalue weighted by Gasteiger charge is 2.02. The molecule has 0 bridgehead atoms. The van der Waals surface area contributed by atoms with Gasteiger partial charge in [-0.1, -0.05) is 174 Å². The van der Waals surface area contributed by atoms with Gasteiger partial charge in [0.25, 0.3) is 0 Å². The van der Waals surface area contributed by atoms with Gasteiger partial charge in [-0.15, -0.1) is 17.0 Å². The van der Waals surface area contributed by atoms with E-state index in [2.05, 4.69) is 162 Å². The Hall–Kier alpha value is -3.80. The summed E-state index contributed by atoms with van der Waals surface area (Å²) in [6.45, 7) is 3.56. The first-order chi connectivity index (χ1) is 21.7. The van der Waals surface area contributed by atoms with Crippen LogP contribution in [0.15, 0.2) is 158 Å². The lowest BCUT2D eigenvalue weighted by molar-refractivity contribution is -0.0571. The molecule has 0 aliphatic rings. The maximum Gasteiger partial charge on any atom is 0.147 e. The van der Waals surface area contributed by atoms with Crippen molar-refractivity contribution in [2.75, 3.05) is 13.4 Å². The maximum atomic E-state index is 5.45. The van der Waals surface area contributed by atoms with E-state index in [4.69, 9.17) is 9.47 Å². The van der Waals surface area contributed by atoms with Gasteiger partial charge in [0, 0.05) is 11.9 Å². The van der Waals surface area contributed by atoms with Crippen LogP contribution in [0, 0.1) is 0 Å². The first-order valence-corrected chi connectivity index (χ1v) is 16.1. The first-order valence-electron chi connectivity index (χ1n) is 14.9. The Balaban J connectivity index is 0.000000203. The summed E-state index contributed by atoms with van der Waals surface area (Å²) >= 11 is 3.47. The Morgan fingerprint density at radius 2 is 0.711 bits per heavy atom. The molecule has 0 heterocycles. The summed E-state index contributed by atoms with van der Waals surface area (Å²) in [4.78, 5) is 0. The first kappa shape index (κ1) is 34.1. The van der Waals surface area contributed by atoms with E-state index in [9.17, 15) is 0 Å². The van der Waals surface area contributed by atoms with Crippen molar-refractivity contribution in [2.24, 2.45) is 0 Å². The fraction of sp³-hybridized carbons (Fsp3) is 0.122. The van der Waals surface area contributed by atoms with Crippen molar-refractivity contribution in [1.82, 2.24) is 0 Å². The molecule has 6 aromatic rings. The van der Waals surface area contributed by atoms with Gasteiger partial charge in [-0.25, -0.2) is 0 Å². The lowest BCUT2D eigenvalue weighted by atomic mass is 10.00. The second-order valence-corrected chi connectivity index (χ2v) is 10.9. The number of benzene rings is 6. The van der Waals surface area contributed by atoms with E-state index >= 15 is 0 Å². The summed E-state index contributed by atoms with van der Waals surface area (Å²) in [6, 6.07) is 55.5. The number of ether oxygens (including phenoxy) is 2. The number of halogens is 2. The third-order valence-corrected chi connectivity index (χ3v) is 8.00. The molecule has 6 aromatic carbocycles. The zero-order valence-corrected chi connectivity index (χ0v) is 28.7. The normalized spacial score (nSPS) is 10.4. The van der Waals surface area contributed by atoms with Crippen LogP contribution >= 0.6 is 32.9 Å². The number of alkyl halides is 1. The zero-order chi connectivity index (χ0) is 30.4. The number of rotatable bonds is 10. The Morgan fingerprint density at radius 1 is 0.400 bits per heavy atom. The zero-order valence-electron chi connectivity index (χ0n) is 25.4. The molecule has 228 valence electrons. The summed E-state index contributed by atoms with van der Waals surface area (Å²) in [5.74, 6) is 0. The molecule has 6 rings (SSSR count). The molecule has 0 N–H and O–H groups in total.